The number of benzene rings is 1. The van der Waals surface area contributed by atoms with E-state index in [2.05, 4.69) is 29.4 Å². The summed E-state index contributed by atoms with van der Waals surface area (Å²) in [6.07, 6.45) is 1.16. The highest BCUT2D eigenvalue weighted by atomic mass is 32.1. The van der Waals surface area contributed by atoms with E-state index in [1.54, 1.807) is 0 Å². The topological polar surface area (TPSA) is 37.8 Å². The Morgan fingerprint density at radius 1 is 1.20 bits per heavy atom. The lowest BCUT2D eigenvalue weighted by Gasteiger charge is -2.05. The van der Waals surface area contributed by atoms with E-state index in [0.717, 1.165) is 29.0 Å². The van der Waals surface area contributed by atoms with E-state index in [1.807, 2.05) is 0 Å². The van der Waals surface area contributed by atoms with Crippen LogP contribution in [-0.2, 0) is 12.8 Å². The molecule has 6 heteroatoms. The Hall–Kier alpha value is -1.40. The van der Waals surface area contributed by atoms with Gasteiger partial charge in [0.1, 0.15) is 21.6 Å². The third kappa shape index (κ3) is 4.31. The summed E-state index contributed by atoms with van der Waals surface area (Å²) in [5, 5.41) is 13.1. The zero-order valence-electron chi connectivity index (χ0n) is 11.5. The lowest BCUT2D eigenvalue weighted by Crippen LogP contribution is -2.24. The maximum absolute atomic E-state index is 13.5. The van der Waals surface area contributed by atoms with Gasteiger partial charge in [-0.05, 0) is 11.6 Å². The van der Waals surface area contributed by atoms with Crippen LogP contribution in [0.4, 0.5) is 8.78 Å². The van der Waals surface area contributed by atoms with Crippen LogP contribution in [0.1, 0.15) is 29.4 Å². The molecule has 0 aliphatic rings. The average Bonchev–Trinajstić information content (AvgIpc) is 2.80. The Labute approximate surface area is 121 Å². The molecule has 0 radical (unpaired) electrons. The van der Waals surface area contributed by atoms with Crippen LogP contribution in [0.5, 0.6) is 0 Å². The first-order valence-electron chi connectivity index (χ1n) is 6.53. The Morgan fingerprint density at radius 3 is 2.65 bits per heavy atom. The van der Waals surface area contributed by atoms with Gasteiger partial charge in [-0.2, -0.15) is 0 Å². The molecule has 0 unspecified atom stereocenters. The second kappa shape index (κ2) is 6.85. The van der Waals surface area contributed by atoms with Gasteiger partial charge in [0.15, 0.2) is 0 Å². The van der Waals surface area contributed by atoms with Crippen LogP contribution in [0.15, 0.2) is 18.2 Å². The number of nitrogens with zero attached hydrogens (tertiary/aromatic N) is 2. The highest BCUT2D eigenvalue weighted by molar-refractivity contribution is 7.11. The van der Waals surface area contributed by atoms with E-state index in [0.29, 0.717) is 18.0 Å². The van der Waals surface area contributed by atoms with Crippen molar-refractivity contribution in [2.75, 3.05) is 6.54 Å². The second-order valence-corrected chi connectivity index (χ2v) is 6.01. The lowest BCUT2D eigenvalue weighted by molar-refractivity contribution is 0.574. The number of hydrogen-bond acceptors (Lipinski definition) is 4. The largest absolute Gasteiger partial charge is 0.314 e. The average molecular weight is 297 g/mol. The molecule has 0 aliphatic carbocycles. The predicted octanol–water partition coefficient (Wildman–Crippen LogP) is 2.95. The van der Waals surface area contributed by atoms with Crippen LogP contribution in [-0.4, -0.2) is 22.8 Å². The van der Waals surface area contributed by atoms with Gasteiger partial charge in [0.25, 0.3) is 0 Å². The monoisotopic (exact) mass is 297 g/mol. The smallest absolute Gasteiger partial charge is 0.129 e. The summed E-state index contributed by atoms with van der Waals surface area (Å²) >= 11 is 1.47. The Morgan fingerprint density at radius 2 is 1.95 bits per heavy atom. The number of hydrogen-bond donors (Lipinski definition) is 1. The molecule has 2 aromatic rings. The maximum Gasteiger partial charge on any atom is 0.129 e. The van der Waals surface area contributed by atoms with Crippen molar-refractivity contribution in [3.63, 3.8) is 0 Å². The molecule has 20 heavy (non-hydrogen) atoms. The quantitative estimate of drug-likeness (QED) is 0.891. The van der Waals surface area contributed by atoms with E-state index in [1.165, 1.54) is 23.5 Å². The van der Waals surface area contributed by atoms with Crippen molar-refractivity contribution < 1.29 is 8.78 Å². The molecule has 0 saturated heterocycles. The SMILES string of the molecule is CC(C)NCCc1nnc(Cc2ccc(F)cc2F)s1. The van der Waals surface area contributed by atoms with Gasteiger partial charge in [0.05, 0.1) is 0 Å². The molecule has 3 nitrogen and oxygen atoms in total. The molecule has 0 amide bonds. The van der Waals surface area contributed by atoms with Crippen LogP contribution >= 0.6 is 11.3 Å². The van der Waals surface area contributed by atoms with Crippen molar-refractivity contribution >= 4 is 11.3 Å². The van der Waals surface area contributed by atoms with Gasteiger partial charge < -0.3 is 5.32 Å². The normalized spacial score (nSPS) is 11.2. The fourth-order valence-corrected chi connectivity index (χ4v) is 2.62. The van der Waals surface area contributed by atoms with Crippen LogP contribution < -0.4 is 5.32 Å². The first-order chi connectivity index (χ1) is 9.54. The van der Waals surface area contributed by atoms with Crippen LogP contribution in [0.2, 0.25) is 0 Å². The number of aromatic nitrogens is 2. The molecule has 1 aromatic heterocycles. The van der Waals surface area contributed by atoms with Gasteiger partial charge in [-0.15, -0.1) is 21.5 Å². The number of rotatable bonds is 6. The van der Waals surface area contributed by atoms with E-state index >= 15 is 0 Å². The van der Waals surface area contributed by atoms with Crippen molar-refractivity contribution in [1.82, 2.24) is 15.5 Å². The summed E-state index contributed by atoms with van der Waals surface area (Å²) in [4.78, 5) is 0. The molecule has 0 bridgehead atoms. The summed E-state index contributed by atoms with van der Waals surface area (Å²) in [6.45, 7) is 5.02. The second-order valence-electron chi connectivity index (χ2n) is 4.86. The van der Waals surface area contributed by atoms with Gasteiger partial charge in [-0.25, -0.2) is 8.78 Å². The fourth-order valence-electron chi connectivity index (χ4n) is 1.76. The molecule has 0 aliphatic heterocycles. The highest BCUT2D eigenvalue weighted by Crippen LogP contribution is 2.17. The molecular formula is C14H17F2N3S. The molecule has 108 valence electrons. The van der Waals surface area contributed by atoms with E-state index in [4.69, 9.17) is 0 Å². The van der Waals surface area contributed by atoms with Crippen LogP contribution in [0, 0.1) is 11.6 Å². The van der Waals surface area contributed by atoms with E-state index in [-0.39, 0.29) is 0 Å². The van der Waals surface area contributed by atoms with Gasteiger partial charge >= 0.3 is 0 Å². The highest BCUT2D eigenvalue weighted by Gasteiger charge is 2.09. The van der Waals surface area contributed by atoms with Gasteiger partial charge in [-0.1, -0.05) is 19.9 Å². The van der Waals surface area contributed by atoms with Crippen molar-refractivity contribution in [1.29, 1.82) is 0 Å². The lowest BCUT2D eigenvalue weighted by atomic mass is 10.1. The Balaban J connectivity index is 1.95. The van der Waals surface area contributed by atoms with Gasteiger partial charge in [0, 0.05) is 31.5 Å². The third-order valence-electron chi connectivity index (χ3n) is 2.76. The summed E-state index contributed by atoms with van der Waals surface area (Å²) in [5.74, 6) is -1.10. The molecule has 0 spiro atoms. The summed E-state index contributed by atoms with van der Waals surface area (Å²) < 4.78 is 26.4. The van der Waals surface area contributed by atoms with Gasteiger partial charge in [-0.3, -0.25) is 0 Å². The van der Waals surface area contributed by atoms with Gasteiger partial charge in [0.2, 0.25) is 0 Å². The molecule has 1 aromatic carbocycles. The summed E-state index contributed by atoms with van der Waals surface area (Å²) in [6, 6.07) is 4.04. The van der Waals surface area contributed by atoms with E-state index < -0.39 is 11.6 Å². The molecule has 1 heterocycles. The van der Waals surface area contributed by atoms with E-state index in [9.17, 15) is 8.78 Å². The predicted molar refractivity (Wildman–Crippen MR) is 75.9 cm³/mol. The molecular weight excluding hydrogens is 280 g/mol. The maximum atomic E-state index is 13.5. The molecule has 0 saturated carbocycles. The minimum atomic E-state index is -0.566. The number of nitrogens with one attached hydrogen (secondary N) is 1. The summed E-state index contributed by atoms with van der Waals surface area (Å²) in [7, 11) is 0. The first-order valence-corrected chi connectivity index (χ1v) is 7.35. The first kappa shape index (κ1) is 15.0. The fraction of sp³-hybridized carbons (Fsp3) is 0.429. The summed E-state index contributed by atoms with van der Waals surface area (Å²) in [5.41, 5.74) is 0.439. The zero-order valence-corrected chi connectivity index (χ0v) is 12.3. The molecule has 0 fully saturated rings. The zero-order chi connectivity index (χ0) is 14.5. The molecule has 0 atom stereocenters. The van der Waals surface area contributed by atoms with Crippen molar-refractivity contribution in [2.45, 2.75) is 32.7 Å². The van der Waals surface area contributed by atoms with Crippen molar-refractivity contribution in [2.24, 2.45) is 0 Å². The minimum absolute atomic E-state index is 0.349. The standard InChI is InChI=1S/C14H17F2N3S/c1-9(2)17-6-5-13-18-19-14(20-13)7-10-3-4-11(15)8-12(10)16/h3-4,8-9,17H,5-7H2,1-2H3. The molecule has 2 rings (SSSR count). The minimum Gasteiger partial charge on any atom is -0.314 e. The molecule has 1 N–H and O–H groups in total. The Bertz CT molecular complexity index is 569. The number of halogens is 2. The third-order valence-corrected chi connectivity index (χ3v) is 3.74. The van der Waals surface area contributed by atoms with Crippen molar-refractivity contribution in [3.8, 4) is 0 Å². The Kier molecular flexibility index (Phi) is 5.14. The van der Waals surface area contributed by atoms with Crippen LogP contribution in [0.3, 0.4) is 0 Å². The van der Waals surface area contributed by atoms with Crippen molar-refractivity contribution in [3.05, 3.63) is 45.4 Å². The van der Waals surface area contributed by atoms with Crippen LogP contribution in [0.25, 0.3) is 0 Å².